The minimum atomic E-state index is -4.30. The topological polar surface area (TPSA) is 48.9 Å². The van der Waals surface area contributed by atoms with Crippen LogP contribution < -0.4 is 10.6 Å². The lowest BCUT2D eigenvalue weighted by Gasteiger charge is -2.29. The molecule has 28 heavy (non-hydrogen) atoms. The second kappa shape index (κ2) is 12.5. The molecule has 1 rings (SSSR count). The average molecular weight is 516 g/mol. The summed E-state index contributed by atoms with van der Waals surface area (Å²) in [6.07, 6.45) is -4.30. The molecular formula is C19H32F3IN4O. The van der Waals surface area contributed by atoms with Gasteiger partial charge in [-0.3, -0.25) is 4.99 Å². The highest BCUT2D eigenvalue weighted by Crippen LogP contribution is 2.16. The summed E-state index contributed by atoms with van der Waals surface area (Å²) in [5, 5.41) is 6.56. The Kier molecular flexibility index (Phi) is 12.0. The predicted octanol–water partition coefficient (Wildman–Crippen LogP) is 3.64. The third-order valence-corrected chi connectivity index (χ3v) is 3.72. The number of benzene rings is 1. The van der Waals surface area contributed by atoms with Crippen LogP contribution in [-0.4, -0.2) is 57.9 Å². The van der Waals surface area contributed by atoms with Crippen molar-refractivity contribution in [1.29, 1.82) is 0 Å². The molecule has 0 unspecified atom stereocenters. The summed E-state index contributed by atoms with van der Waals surface area (Å²) in [5.74, 6) is 0.708. The molecular weight excluding hydrogens is 484 g/mol. The molecule has 5 nitrogen and oxygen atoms in total. The molecule has 0 heterocycles. The summed E-state index contributed by atoms with van der Waals surface area (Å²) in [6, 6.07) is 7.26. The van der Waals surface area contributed by atoms with Crippen LogP contribution in [-0.2, 0) is 17.9 Å². The van der Waals surface area contributed by atoms with E-state index < -0.39 is 12.8 Å². The monoisotopic (exact) mass is 516 g/mol. The van der Waals surface area contributed by atoms with Crippen LogP contribution in [0.25, 0.3) is 0 Å². The molecule has 0 amide bonds. The highest BCUT2D eigenvalue weighted by atomic mass is 127. The van der Waals surface area contributed by atoms with Gasteiger partial charge in [-0.1, -0.05) is 38.1 Å². The second-order valence-electron chi connectivity index (χ2n) is 7.61. The van der Waals surface area contributed by atoms with Gasteiger partial charge in [0.2, 0.25) is 0 Å². The first-order valence-corrected chi connectivity index (χ1v) is 8.82. The van der Waals surface area contributed by atoms with E-state index in [9.17, 15) is 13.2 Å². The summed E-state index contributed by atoms with van der Waals surface area (Å²) < 4.78 is 40.9. The quantitative estimate of drug-likeness (QED) is 0.299. The Morgan fingerprint density at radius 2 is 1.64 bits per heavy atom. The zero-order valence-electron chi connectivity index (χ0n) is 17.2. The zero-order valence-corrected chi connectivity index (χ0v) is 19.5. The Morgan fingerprint density at radius 3 is 2.14 bits per heavy atom. The van der Waals surface area contributed by atoms with Crippen LogP contribution in [0.4, 0.5) is 13.2 Å². The van der Waals surface area contributed by atoms with Gasteiger partial charge in [-0.2, -0.15) is 13.2 Å². The van der Waals surface area contributed by atoms with E-state index in [0.717, 1.165) is 18.7 Å². The molecule has 1 aromatic carbocycles. The zero-order chi connectivity index (χ0) is 20.5. The van der Waals surface area contributed by atoms with Crippen molar-refractivity contribution in [2.24, 2.45) is 10.4 Å². The Balaban J connectivity index is 0.00000729. The molecule has 0 saturated carbocycles. The Bertz CT molecular complexity index is 590. The van der Waals surface area contributed by atoms with Crippen molar-refractivity contribution in [2.75, 3.05) is 40.8 Å². The largest absolute Gasteiger partial charge is 0.411 e. The van der Waals surface area contributed by atoms with Gasteiger partial charge in [0.05, 0.1) is 6.61 Å². The molecule has 0 aliphatic rings. The molecule has 0 aromatic heterocycles. The maximum absolute atomic E-state index is 12.1. The third-order valence-electron chi connectivity index (χ3n) is 3.72. The second-order valence-corrected chi connectivity index (χ2v) is 7.61. The fraction of sp³-hybridized carbons (Fsp3) is 0.632. The van der Waals surface area contributed by atoms with Crippen LogP contribution in [0.3, 0.4) is 0 Å². The standard InChI is InChI=1S/C19H31F3N4O.HI/c1-18(2,13-26(4)5)12-25-17(23-3)24-10-15-6-8-16(9-7-15)11-27-14-19(20,21)22;/h6-9H,10-14H2,1-5H3,(H2,23,24,25);1H. The van der Waals surface area contributed by atoms with Crippen molar-refractivity contribution in [3.05, 3.63) is 35.4 Å². The van der Waals surface area contributed by atoms with E-state index in [1.54, 1.807) is 19.2 Å². The first kappa shape index (κ1) is 26.9. The van der Waals surface area contributed by atoms with Gasteiger partial charge >= 0.3 is 6.18 Å². The molecule has 0 radical (unpaired) electrons. The number of nitrogens with zero attached hydrogens (tertiary/aromatic N) is 2. The third kappa shape index (κ3) is 12.4. The number of hydrogen-bond acceptors (Lipinski definition) is 3. The first-order chi connectivity index (χ1) is 12.5. The molecule has 0 bridgehead atoms. The molecule has 0 fully saturated rings. The smallest absolute Gasteiger partial charge is 0.367 e. The van der Waals surface area contributed by atoms with E-state index in [0.29, 0.717) is 18.1 Å². The summed E-state index contributed by atoms with van der Waals surface area (Å²) >= 11 is 0. The van der Waals surface area contributed by atoms with Gasteiger partial charge < -0.3 is 20.3 Å². The fourth-order valence-electron chi connectivity index (χ4n) is 2.68. The highest BCUT2D eigenvalue weighted by molar-refractivity contribution is 14.0. The van der Waals surface area contributed by atoms with E-state index in [4.69, 9.17) is 0 Å². The normalized spacial score (nSPS) is 12.7. The predicted molar refractivity (Wildman–Crippen MR) is 118 cm³/mol. The van der Waals surface area contributed by atoms with Crippen LogP contribution in [0.15, 0.2) is 29.3 Å². The molecule has 1 aromatic rings. The maximum atomic E-state index is 12.1. The lowest BCUT2D eigenvalue weighted by atomic mass is 9.93. The van der Waals surface area contributed by atoms with Gasteiger partial charge in [-0.25, -0.2) is 0 Å². The average Bonchev–Trinajstić information content (AvgIpc) is 2.54. The number of guanidine groups is 1. The van der Waals surface area contributed by atoms with Crippen molar-refractivity contribution in [1.82, 2.24) is 15.5 Å². The molecule has 0 aliphatic carbocycles. The van der Waals surface area contributed by atoms with Crippen molar-refractivity contribution < 1.29 is 17.9 Å². The van der Waals surface area contributed by atoms with Crippen molar-refractivity contribution in [3.63, 3.8) is 0 Å². The van der Waals surface area contributed by atoms with E-state index in [1.807, 2.05) is 26.2 Å². The molecule has 0 saturated heterocycles. The maximum Gasteiger partial charge on any atom is 0.411 e. The minimum Gasteiger partial charge on any atom is -0.367 e. The number of ether oxygens (including phenoxy) is 1. The highest BCUT2D eigenvalue weighted by Gasteiger charge is 2.27. The number of hydrogen-bond donors (Lipinski definition) is 2. The molecule has 0 spiro atoms. The van der Waals surface area contributed by atoms with Crippen molar-refractivity contribution >= 4 is 29.9 Å². The lowest BCUT2D eigenvalue weighted by molar-refractivity contribution is -0.176. The summed E-state index contributed by atoms with van der Waals surface area (Å²) in [4.78, 5) is 6.37. The lowest BCUT2D eigenvalue weighted by Crippen LogP contribution is -2.44. The molecule has 0 atom stereocenters. The summed E-state index contributed by atoms with van der Waals surface area (Å²) in [7, 11) is 5.81. The minimum absolute atomic E-state index is 0. The van der Waals surface area contributed by atoms with Crippen LogP contribution in [0.1, 0.15) is 25.0 Å². The van der Waals surface area contributed by atoms with Gasteiger partial charge in [0.15, 0.2) is 5.96 Å². The SMILES string of the molecule is CN=C(NCc1ccc(COCC(F)(F)F)cc1)NCC(C)(C)CN(C)C.I. The number of aliphatic imine (C=N–C) groups is 1. The Morgan fingerprint density at radius 1 is 1.07 bits per heavy atom. The number of alkyl halides is 3. The van der Waals surface area contributed by atoms with E-state index in [-0.39, 0.29) is 36.0 Å². The van der Waals surface area contributed by atoms with Gasteiger partial charge in [0.1, 0.15) is 6.61 Å². The first-order valence-electron chi connectivity index (χ1n) is 8.82. The van der Waals surface area contributed by atoms with Gasteiger partial charge in [0.25, 0.3) is 0 Å². The van der Waals surface area contributed by atoms with Gasteiger partial charge in [0, 0.05) is 26.7 Å². The molecule has 0 aliphatic heterocycles. The van der Waals surface area contributed by atoms with E-state index in [2.05, 4.69) is 39.1 Å². The van der Waals surface area contributed by atoms with Crippen LogP contribution in [0.2, 0.25) is 0 Å². The van der Waals surface area contributed by atoms with Gasteiger partial charge in [-0.05, 0) is 30.6 Å². The van der Waals surface area contributed by atoms with Crippen molar-refractivity contribution in [3.8, 4) is 0 Å². The summed E-state index contributed by atoms with van der Waals surface area (Å²) in [6.45, 7) is 5.38. The number of nitrogens with one attached hydrogen (secondary N) is 2. The van der Waals surface area contributed by atoms with Gasteiger partial charge in [-0.15, -0.1) is 24.0 Å². The van der Waals surface area contributed by atoms with Crippen LogP contribution >= 0.6 is 24.0 Å². The van der Waals surface area contributed by atoms with E-state index in [1.165, 1.54) is 0 Å². The Hall–Kier alpha value is -1.07. The van der Waals surface area contributed by atoms with Crippen LogP contribution in [0.5, 0.6) is 0 Å². The number of rotatable bonds is 9. The molecule has 162 valence electrons. The fourth-order valence-corrected chi connectivity index (χ4v) is 2.68. The van der Waals surface area contributed by atoms with Crippen molar-refractivity contribution in [2.45, 2.75) is 33.2 Å². The molecule has 9 heteroatoms. The summed E-state index contributed by atoms with van der Waals surface area (Å²) in [5.41, 5.74) is 1.81. The number of halogens is 4. The Labute approximate surface area is 183 Å². The molecule has 2 N–H and O–H groups in total. The van der Waals surface area contributed by atoms with Crippen LogP contribution in [0, 0.1) is 5.41 Å². The van der Waals surface area contributed by atoms with E-state index >= 15 is 0 Å².